The first-order valence-electron chi connectivity index (χ1n) is 5.68. The van der Waals surface area contributed by atoms with Gasteiger partial charge in [0, 0.05) is 18.4 Å². The molecule has 0 bridgehead atoms. The predicted molar refractivity (Wildman–Crippen MR) is 73.2 cm³/mol. The third-order valence-corrected chi connectivity index (χ3v) is 4.23. The van der Waals surface area contributed by atoms with Crippen LogP contribution in [0, 0.1) is 0 Å². The summed E-state index contributed by atoms with van der Waals surface area (Å²) in [5.74, 6) is -0.857. The van der Waals surface area contributed by atoms with Crippen molar-refractivity contribution in [1.82, 2.24) is 0 Å². The summed E-state index contributed by atoms with van der Waals surface area (Å²) >= 11 is 0. The SMILES string of the molecule is CCCS(=O)(=O)CC(=O)N(C)c1ccc(N)cc1. The van der Waals surface area contributed by atoms with Gasteiger partial charge in [0.05, 0.1) is 5.75 Å². The molecule has 2 N–H and O–H groups in total. The zero-order chi connectivity index (χ0) is 13.8. The van der Waals surface area contributed by atoms with Crippen LogP contribution in [0.1, 0.15) is 13.3 Å². The lowest BCUT2D eigenvalue weighted by molar-refractivity contribution is -0.115. The van der Waals surface area contributed by atoms with Gasteiger partial charge in [-0.1, -0.05) is 6.92 Å². The number of amides is 1. The summed E-state index contributed by atoms with van der Waals surface area (Å²) in [4.78, 5) is 13.2. The number of hydrogen-bond donors (Lipinski definition) is 1. The Labute approximate surface area is 108 Å². The fourth-order valence-electron chi connectivity index (χ4n) is 1.51. The van der Waals surface area contributed by atoms with E-state index >= 15 is 0 Å². The van der Waals surface area contributed by atoms with Gasteiger partial charge < -0.3 is 10.6 Å². The largest absolute Gasteiger partial charge is 0.399 e. The predicted octanol–water partition coefficient (Wildman–Crippen LogP) is 1.06. The number of benzene rings is 1. The average Bonchev–Trinajstić information content (AvgIpc) is 2.28. The number of anilines is 2. The van der Waals surface area contributed by atoms with Crippen molar-refractivity contribution in [3.05, 3.63) is 24.3 Å². The highest BCUT2D eigenvalue weighted by molar-refractivity contribution is 7.92. The monoisotopic (exact) mass is 270 g/mol. The Morgan fingerprint density at radius 3 is 2.33 bits per heavy atom. The molecule has 100 valence electrons. The molecular formula is C12H18N2O3S. The minimum absolute atomic E-state index is 0.0360. The van der Waals surface area contributed by atoms with Gasteiger partial charge in [-0.25, -0.2) is 8.42 Å². The van der Waals surface area contributed by atoms with Gasteiger partial charge in [0.1, 0.15) is 5.75 Å². The molecule has 1 aromatic carbocycles. The zero-order valence-electron chi connectivity index (χ0n) is 10.6. The number of nitrogens with two attached hydrogens (primary N) is 1. The molecule has 18 heavy (non-hydrogen) atoms. The molecule has 5 nitrogen and oxygen atoms in total. The molecule has 0 aliphatic rings. The quantitative estimate of drug-likeness (QED) is 0.811. The van der Waals surface area contributed by atoms with E-state index in [0.29, 0.717) is 17.8 Å². The fraction of sp³-hybridized carbons (Fsp3) is 0.417. The van der Waals surface area contributed by atoms with E-state index in [1.165, 1.54) is 4.90 Å². The van der Waals surface area contributed by atoms with Crippen molar-refractivity contribution in [3.63, 3.8) is 0 Å². The molecule has 0 radical (unpaired) electrons. The van der Waals surface area contributed by atoms with Crippen LogP contribution in [0.15, 0.2) is 24.3 Å². The van der Waals surface area contributed by atoms with Gasteiger partial charge in [0.15, 0.2) is 9.84 Å². The number of nitrogens with zero attached hydrogens (tertiary/aromatic N) is 1. The smallest absolute Gasteiger partial charge is 0.241 e. The Morgan fingerprint density at radius 1 is 1.28 bits per heavy atom. The van der Waals surface area contributed by atoms with Gasteiger partial charge in [-0.05, 0) is 30.7 Å². The van der Waals surface area contributed by atoms with Crippen molar-refractivity contribution in [1.29, 1.82) is 0 Å². The number of carbonyl (C=O) groups is 1. The molecule has 0 spiro atoms. The first-order chi connectivity index (χ1) is 8.35. The Bertz CT molecular complexity index is 509. The van der Waals surface area contributed by atoms with Crippen molar-refractivity contribution in [2.24, 2.45) is 0 Å². The van der Waals surface area contributed by atoms with Crippen molar-refractivity contribution in [3.8, 4) is 0 Å². The Kier molecular flexibility index (Phi) is 4.72. The van der Waals surface area contributed by atoms with E-state index in [9.17, 15) is 13.2 Å². The van der Waals surface area contributed by atoms with Gasteiger partial charge in [-0.3, -0.25) is 4.79 Å². The second-order valence-corrected chi connectivity index (χ2v) is 6.32. The molecule has 0 saturated carbocycles. The third kappa shape index (κ3) is 4.03. The lowest BCUT2D eigenvalue weighted by Crippen LogP contribution is -2.33. The Morgan fingerprint density at radius 2 is 1.83 bits per heavy atom. The van der Waals surface area contributed by atoms with Crippen LogP contribution in [0.3, 0.4) is 0 Å². The van der Waals surface area contributed by atoms with Crippen molar-refractivity contribution < 1.29 is 13.2 Å². The summed E-state index contributed by atoms with van der Waals surface area (Å²) in [7, 11) is -1.76. The summed E-state index contributed by atoms with van der Waals surface area (Å²) < 4.78 is 23.1. The van der Waals surface area contributed by atoms with Crippen LogP contribution >= 0.6 is 0 Å². The number of rotatable bonds is 5. The number of sulfone groups is 1. The van der Waals surface area contributed by atoms with Crippen LogP contribution in [0.2, 0.25) is 0 Å². The normalized spacial score (nSPS) is 11.2. The highest BCUT2D eigenvalue weighted by Crippen LogP contribution is 2.15. The maximum Gasteiger partial charge on any atom is 0.241 e. The van der Waals surface area contributed by atoms with Crippen LogP contribution in [0.5, 0.6) is 0 Å². The molecule has 6 heteroatoms. The molecule has 1 amide bonds. The molecule has 1 rings (SSSR count). The van der Waals surface area contributed by atoms with Gasteiger partial charge >= 0.3 is 0 Å². The molecule has 0 aliphatic heterocycles. The Hall–Kier alpha value is -1.56. The van der Waals surface area contributed by atoms with E-state index in [2.05, 4.69) is 0 Å². The lowest BCUT2D eigenvalue weighted by atomic mass is 10.2. The van der Waals surface area contributed by atoms with E-state index in [4.69, 9.17) is 5.73 Å². The van der Waals surface area contributed by atoms with Gasteiger partial charge in [0.25, 0.3) is 0 Å². The van der Waals surface area contributed by atoms with Crippen LogP contribution in [0.25, 0.3) is 0 Å². The van der Waals surface area contributed by atoms with Crippen LogP contribution in [-0.4, -0.2) is 32.9 Å². The minimum atomic E-state index is -3.31. The highest BCUT2D eigenvalue weighted by Gasteiger charge is 2.19. The van der Waals surface area contributed by atoms with Crippen molar-refractivity contribution >= 4 is 27.1 Å². The van der Waals surface area contributed by atoms with Crippen LogP contribution in [-0.2, 0) is 14.6 Å². The first kappa shape index (κ1) is 14.5. The molecule has 0 unspecified atom stereocenters. The van der Waals surface area contributed by atoms with Crippen LogP contribution < -0.4 is 10.6 Å². The number of carbonyl (C=O) groups excluding carboxylic acids is 1. The minimum Gasteiger partial charge on any atom is -0.399 e. The average molecular weight is 270 g/mol. The maximum absolute atomic E-state index is 11.8. The lowest BCUT2D eigenvalue weighted by Gasteiger charge is -2.17. The van der Waals surface area contributed by atoms with E-state index in [1.807, 2.05) is 0 Å². The standard InChI is InChI=1S/C12H18N2O3S/c1-3-8-18(16,17)9-12(15)14(2)11-6-4-10(13)5-7-11/h4-7H,3,8-9,13H2,1-2H3. The Balaban J connectivity index is 2.76. The summed E-state index contributed by atoms with van der Waals surface area (Å²) in [5, 5.41) is 0. The molecule has 0 heterocycles. The number of hydrogen-bond acceptors (Lipinski definition) is 4. The van der Waals surface area contributed by atoms with Crippen LogP contribution in [0.4, 0.5) is 11.4 Å². The second kappa shape index (κ2) is 5.86. The summed E-state index contributed by atoms with van der Waals surface area (Å²) in [6.45, 7) is 1.77. The summed E-state index contributed by atoms with van der Waals surface area (Å²) in [6, 6.07) is 6.69. The molecule has 0 saturated heterocycles. The number of nitrogen functional groups attached to an aromatic ring is 1. The molecule has 1 aromatic rings. The molecule has 0 fully saturated rings. The second-order valence-electron chi connectivity index (χ2n) is 4.14. The van der Waals surface area contributed by atoms with E-state index in [0.717, 1.165) is 0 Å². The van der Waals surface area contributed by atoms with E-state index in [-0.39, 0.29) is 5.75 Å². The van der Waals surface area contributed by atoms with Gasteiger partial charge in [0.2, 0.25) is 5.91 Å². The van der Waals surface area contributed by atoms with E-state index in [1.54, 1.807) is 38.2 Å². The first-order valence-corrected chi connectivity index (χ1v) is 7.50. The molecule has 0 aliphatic carbocycles. The van der Waals surface area contributed by atoms with Gasteiger partial charge in [-0.2, -0.15) is 0 Å². The van der Waals surface area contributed by atoms with Crippen molar-refractivity contribution in [2.45, 2.75) is 13.3 Å². The fourth-order valence-corrected chi connectivity index (χ4v) is 2.85. The van der Waals surface area contributed by atoms with E-state index < -0.39 is 21.5 Å². The zero-order valence-corrected chi connectivity index (χ0v) is 11.4. The summed E-state index contributed by atoms with van der Waals surface area (Å²) in [6.07, 6.45) is 0.515. The third-order valence-electron chi connectivity index (χ3n) is 2.51. The molecular weight excluding hydrogens is 252 g/mol. The molecule has 0 atom stereocenters. The summed E-state index contributed by atoms with van der Waals surface area (Å²) in [5.41, 5.74) is 6.77. The van der Waals surface area contributed by atoms with Gasteiger partial charge in [-0.15, -0.1) is 0 Å². The molecule has 0 aromatic heterocycles. The van der Waals surface area contributed by atoms with Crippen molar-refractivity contribution in [2.75, 3.05) is 29.2 Å². The highest BCUT2D eigenvalue weighted by atomic mass is 32.2. The maximum atomic E-state index is 11.8. The topological polar surface area (TPSA) is 80.5 Å².